The summed E-state index contributed by atoms with van der Waals surface area (Å²) in [5.74, 6) is 0.349. The number of benzene rings is 3. The lowest BCUT2D eigenvalue weighted by molar-refractivity contribution is -0.115. The fraction of sp³-hybridized carbons (Fsp3) is 0.167. The quantitative estimate of drug-likeness (QED) is 0.490. The van der Waals surface area contributed by atoms with Crippen molar-refractivity contribution in [3.8, 4) is 0 Å². The van der Waals surface area contributed by atoms with Crippen LogP contribution in [0.4, 0.5) is 11.4 Å². The largest absolute Gasteiger partial charge is 0.322 e. The molecule has 1 saturated heterocycles. The van der Waals surface area contributed by atoms with Crippen LogP contribution in [0, 0.1) is 13.8 Å². The van der Waals surface area contributed by atoms with Gasteiger partial charge in [0.2, 0.25) is 5.91 Å². The molecule has 1 atom stereocenters. The minimum atomic E-state index is -0.180. The second-order valence-corrected chi connectivity index (χ2v) is 9.18. The lowest BCUT2D eigenvalue weighted by Crippen LogP contribution is -2.28. The zero-order valence-electron chi connectivity index (χ0n) is 16.7. The van der Waals surface area contributed by atoms with Crippen molar-refractivity contribution in [2.45, 2.75) is 19.2 Å². The van der Waals surface area contributed by atoms with Crippen LogP contribution in [0.25, 0.3) is 0 Å². The molecule has 0 radical (unpaired) electrons. The van der Waals surface area contributed by atoms with E-state index in [1.165, 1.54) is 5.56 Å². The summed E-state index contributed by atoms with van der Waals surface area (Å²) in [6.45, 7) is 4.12. The van der Waals surface area contributed by atoms with E-state index in [1.54, 1.807) is 17.8 Å². The highest BCUT2D eigenvalue weighted by Crippen LogP contribution is 2.42. The van der Waals surface area contributed by atoms with Crippen LogP contribution in [-0.4, -0.2) is 17.6 Å². The van der Waals surface area contributed by atoms with Gasteiger partial charge in [-0.2, -0.15) is 0 Å². The van der Waals surface area contributed by atoms with Gasteiger partial charge in [0.25, 0.3) is 5.91 Å². The number of carbonyl (C=O) groups is 2. The molecule has 0 saturated carbocycles. The van der Waals surface area contributed by atoms with Gasteiger partial charge in [-0.3, -0.25) is 14.5 Å². The van der Waals surface area contributed by atoms with E-state index in [4.69, 9.17) is 0 Å². The molecule has 6 heteroatoms. The number of hydrogen-bond acceptors (Lipinski definition) is 3. The smallest absolute Gasteiger partial charge is 0.256 e. The number of hydrogen-bond donors (Lipinski definition) is 1. The van der Waals surface area contributed by atoms with Crippen LogP contribution in [0.15, 0.2) is 71.2 Å². The molecule has 4 nitrogen and oxygen atoms in total. The Labute approximate surface area is 188 Å². The molecule has 0 aromatic heterocycles. The number of thioether (sulfide) groups is 1. The van der Waals surface area contributed by atoms with Crippen molar-refractivity contribution in [3.63, 3.8) is 0 Å². The van der Waals surface area contributed by atoms with Gasteiger partial charge in [0.1, 0.15) is 5.37 Å². The molecule has 0 bridgehead atoms. The number of nitrogens with zero attached hydrogens (tertiary/aromatic N) is 1. The molecule has 2 amide bonds. The summed E-state index contributed by atoms with van der Waals surface area (Å²) in [6.07, 6.45) is 0. The lowest BCUT2D eigenvalue weighted by Gasteiger charge is -2.25. The first-order valence-electron chi connectivity index (χ1n) is 9.61. The molecule has 3 aromatic rings. The Kier molecular flexibility index (Phi) is 5.97. The zero-order valence-corrected chi connectivity index (χ0v) is 19.1. The van der Waals surface area contributed by atoms with Crippen LogP contribution in [0.2, 0.25) is 0 Å². The Morgan fingerprint density at radius 1 is 1.03 bits per heavy atom. The van der Waals surface area contributed by atoms with Crippen molar-refractivity contribution in [2.24, 2.45) is 0 Å². The van der Waals surface area contributed by atoms with Crippen molar-refractivity contribution in [3.05, 3.63) is 93.5 Å². The fourth-order valence-electron chi connectivity index (χ4n) is 3.44. The predicted octanol–water partition coefficient (Wildman–Crippen LogP) is 6.10. The van der Waals surface area contributed by atoms with Gasteiger partial charge >= 0.3 is 0 Å². The molecule has 30 heavy (non-hydrogen) atoms. The minimum Gasteiger partial charge on any atom is -0.322 e. The summed E-state index contributed by atoms with van der Waals surface area (Å²) < 4.78 is 0.747. The second-order valence-electron chi connectivity index (χ2n) is 7.26. The average molecular weight is 481 g/mol. The lowest BCUT2D eigenvalue weighted by atomic mass is 10.1. The standard InChI is InChI=1S/C24H21BrN2O2S/c1-15-10-11-19(12-16(15)2)27-22(28)14-30-24(27)17-6-5-7-18(13-17)26-23(29)20-8-3-4-9-21(20)25/h3-13,24H,14H2,1-2H3,(H,26,29)/t24-/m1/s1. The highest BCUT2D eigenvalue weighted by atomic mass is 79.9. The molecule has 1 fully saturated rings. The molecule has 0 spiro atoms. The maximum Gasteiger partial charge on any atom is 0.256 e. The van der Waals surface area contributed by atoms with Crippen LogP contribution in [0.5, 0.6) is 0 Å². The van der Waals surface area contributed by atoms with Crippen molar-refractivity contribution in [2.75, 3.05) is 16.0 Å². The van der Waals surface area contributed by atoms with Crippen molar-refractivity contribution >= 4 is 50.9 Å². The van der Waals surface area contributed by atoms with Crippen LogP contribution in [-0.2, 0) is 4.79 Å². The average Bonchev–Trinajstić information content (AvgIpc) is 3.12. The van der Waals surface area contributed by atoms with Gasteiger partial charge in [-0.25, -0.2) is 0 Å². The molecular formula is C24H21BrN2O2S. The van der Waals surface area contributed by atoms with Gasteiger partial charge < -0.3 is 5.32 Å². The monoisotopic (exact) mass is 480 g/mol. The molecule has 1 heterocycles. The first-order valence-corrected chi connectivity index (χ1v) is 11.4. The van der Waals surface area contributed by atoms with Crippen LogP contribution in [0.1, 0.15) is 32.4 Å². The van der Waals surface area contributed by atoms with Gasteiger partial charge in [0.05, 0.1) is 11.3 Å². The third kappa shape index (κ3) is 4.16. The Bertz CT molecular complexity index is 1130. The molecule has 1 N–H and O–H groups in total. The van der Waals surface area contributed by atoms with E-state index in [1.807, 2.05) is 59.5 Å². The zero-order chi connectivity index (χ0) is 21.3. The maximum atomic E-state index is 12.7. The number of rotatable bonds is 4. The first kappa shape index (κ1) is 20.7. The van der Waals surface area contributed by atoms with E-state index in [2.05, 4.69) is 41.2 Å². The summed E-state index contributed by atoms with van der Waals surface area (Å²) in [5.41, 5.74) is 5.52. The normalized spacial score (nSPS) is 16.0. The predicted molar refractivity (Wildman–Crippen MR) is 127 cm³/mol. The van der Waals surface area contributed by atoms with Gasteiger partial charge in [-0.1, -0.05) is 30.3 Å². The van der Waals surface area contributed by atoms with E-state index in [0.29, 0.717) is 17.0 Å². The molecule has 4 rings (SSSR count). The number of halogens is 1. The molecular weight excluding hydrogens is 460 g/mol. The Morgan fingerprint density at radius 2 is 1.83 bits per heavy atom. The van der Waals surface area contributed by atoms with Gasteiger partial charge in [-0.15, -0.1) is 11.8 Å². The fourth-order valence-corrected chi connectivity index (χ4v) is 5.07. The maximum absolute atomic E-state index is 12.7. The van der Waals surface area contributed by atoms with E-state index in [-0.39, 0.29) is 17.2 Å². The summed E-state index contributed by atoms with van der Waals surface area (Å²) in [4.78, 5) is 27.2. The van der Waals surface area contributed by atoms with Gasteiger partial charge in [-0.05, 0) is 82.9 Å². The van der Waals surface area contributed by atoms with Crippen LogP contribution in [0.3, 0.4) is 0 Å². The Morgan fingerprint density at radius 3 is 2.60 bits per heavy atom. The van der Waals surface area contributed by atoms with E-state index < -0.39 is 0 Å². The molecule has 3 aromatic carbocycles. The third-order valence-electron chi connectivity index (χ3n) is 5.18. The van der Waals surface area contributed by atoms with Crippen molar-refractivity contribution < 1.29 is 9.59 Å². The SMILES string of the molecule is Cc1ccc(N2C(=O)CS[C@@H]2c2cccc(NC(=O)c3ccccc3Br)c2)cc1C. The van der Waals surface area contributed by atoms with Gasteiger partial charge in [0, 0.05) is 15.8 Å². The minimum absolute atomic E-state index is 0.0934. The topological polar surface area (TPSA) is 49.4 Å². The number of anilines is 2. The molecule has 0 aliphatic carbocycles. The molecule has 152 valence electrons. The summed E-state index contributed by atoms with van der Waals surface area (Å²) in [5, 5.41) is 2.84. The van der Waals surface area contributed by atoms with E-state index in [9.17, 15) is 9.59 Å². The molecule has 0 unspecified atom stereocenters. The highest BCUT2D eigenvalue weighted by molar-refractivity contribution is 9.10. The van der Waals surface area contributed by atoms with Gasteiger partial charge in [0.15, 0.2) is 0 Å². The second kappa shape index (κ2) is 8.66. The van der Waals surface area contributed by atoms with E-state index in [0.717, 1.165) is 21.3 Å². The third-order valence-corrected chi connectivity index (χ3v) is 7.09. The summed E-state index contributed by atoms with van der Waals surface area (Å²) in [6, 6.07) is 21.1. The number of nitrogens with one attached hydrogen (secondary N) is 1. The molecule has 1 aliphatic heterocycles. The van der Waals surface area contributed by atoms with Crippen molar-refractivity contribution in [1.82, 2.24) is 0 Å². The summed E-state index contributed by atoms with van der Waals surface area (Å²) >= 11 is 5.02. The number of aryl methyl sites for hydroxylation is 2. The first-order chi connectivity index (χ1) is 14.4. The highest BCUT2D eigenvalue weighted by Gasteiger charge is 2.34. The van der Waals surface area contributed by atoms with Crippen LogP contribution < -0.4 is 10.2 Å². The molecule has 1 aliphatic rings. The van der Waals surface area contributed by atoms with E-state index >= 15 is 0 Å². The number of amides is 2. The summed E-state index contributed by atoms with van der Waals surface area (Å²) in [7, 11) is 0. The van der Waals surface area contributed by atoms with Crippen molar-refractivity contribution in [1.29, 1.82) is 0 Å². The van der Waals surface area contributed by atoms with Crippen LogP contribution >= 0.6 is 27.7 Å². The Hall–Kier alpha value is -2.57. The number of carbonyl (C=O) groups excluding carboxylic acids is 2. The Balaban J connectivity index is 1.61.